The molecule has 3 rings (SSSR count). The smallest absolute Gasteiger partial charge is 0.336 e. The Morgan fingerprint density at radius 1 is 1.26 bits per heavy atom. The van der Waals surface area contributed by atoms with E-state index >= 15 is 0 Å². The Morgan fingerprint density at radius 3 is 2.70 bits per heavy atom. The van der Waals surface area contributed by atoms with Crippen molar-refractivity contribution in [2.24, 2.45) is 5.92 Å². The lowest BCUT2D eigenvalue weighted by Crippen LogP contribution is -2.25. The number of fused-ring (bicyclic) bond motifs is 1. The van der Waals surface area contributed by atoms with Crippen LogP contribution >= 0.6 is 0 Å². The molecule has 0 aromatic heterocycles. The Labute approximate surface area is 135 Å². The van der Waals surface area contributed by atoms with E-state index in [1.807, 2.05) is 24.3 Å². The van der Waals surface area contributed by atoms with Gasteiger partial charge >= 0.3 is 5.97 Å². The summed E-state index contributed by atoms with van der Waals surface area (Å²) in [5, 5.41) is 11.0. The second-order valence-corrected chi connectivity index (χ2v) is 6.20. The van der Waals surface area contributed by atoms with Crippen molar-refractivity contribution in [2.45, 2.75) is 32.6 Å². The van der Waals surface area contributed by atoms with Crippen LogP contribution in [0.4, 0.5) is 5.69 Å². The van der Waals surface area contributed by atoms with Gasteiger partial charge in [-0.3, -0.25) is 4.79 Å². The monoisotopic (exact) mass is 311 g/mol. The number of nitrogens with zero attached hydrogens (tertiary/aromatic N) is 1. The maximum atomic E-state index is 12.5. The molecule has 0 aliphatic carbocycles. The Hall–Kier alpha value is -2.36. The summed E-state index contributed by atoms with van der Waals surface area (Å²) >= 11 is 0. The zero-order valence-corrected chi connectivity index (χ0v) is 13.3. The van der Waals surface area contributed by atoms with Crippen LogP contribution in [0.1, 0.15) is 43.0 Å². The zero-order chi connectivity index (χ0) is 16.4. The number of hydrogen-bond donors (Lipinski definition) is 1. The molecule has 120 valence electrons. The van der Waals surface area contributed by atoms with Crippen LogP contribution in [-0.2, 0) is 4.79 Å². The molecule has 0 bridgehead atoms. The fourth-order valence-corrected chi connectivity index (χ4v) is 3.42. The minimum absolute atomic E-state index is 0.0961. The van der Waals surface area contributed by atoms with Gasteiger partial charge in [0, 0.05) is 18.4 Å². The second-order valence-electron chi connectivity index (χ2n) is 6.20. The summed E-state index contributed by atoms with van der Waals surface area (Å²) in [5.74, 6) is -0.495. The molecule has 2 aromatic carbocycles. The lowest BCUT2D eigenvalue weighted by molar-refractivity contribution is -0.117. The van der Waals surface area contributed by atoms with Gasteiger partial charge in [0.25, 0.3) is 0 Å². The number of carbonyl (C=O) groups is 2. The molecule has 4 nitrogen and oxygen atoms in total. The molecule has 1 heterocycles. The van der Waals surface area contributed by atoms with E-state index in [2.05, 4.69) is 6.92 Å². The highest BCUT2D eigenvalue weighted by molar-refractivity contribution is 6.13. The van der Waals surface area contributed by atoms with Gasteiger partial charge in [0.05, 0.1) is 11.3 Å². The molecule has 2 aromatic rings. The lowest BCUT2D eigenvalue weighted by Gasteiger charge is -2.20. The summed E-state index contributed by atoms with van der Waals surface area (Å²) in [4.78, 5) is 25.8. The van der Waals surface area contributed by atoms with Crippen LogP contribution in [0.3, 0.4) is 0 Å². The van der Waals surface area contributed by atoms with Crippen LogP contribution < -0.4 is 4.90 Å². The number of anilines is 1. The molecule has 4 heteroatoms. The molecule has 1 aliphatic rings. The molecule has 1 aliphatic heterocycles. The molecule has 1 unspecified atom stereocenters. The number of rotatable bonds is 5. The summed E-state index contributed by atoms with van der Waals surface area (Å²) in [7, 11) is 0. The number of benzene rings is 2. The van der Waals surface area contributed by atoms with Gasteiger partial charge < -0.3 is 10.0 Å². The molecule has 1 saturated heterocycles. The van der Waals surface area contributed by atoms with Gasteiger partial charge in [-0.2, -0.15) is 0 Å². The van der Waals surface area contributed by atoms with E-state index in [0.717, 1.165) is 30.3 Å². The number of carbonyl (C=O) groups excluding carboxylic acids is 1. The van der Waals surface area contributed by atoms with E-state index in [4.69, 9.17) is 0 Å². The third-order valence-electron chi connectivity index (χ3n) is 4.57. The van der Waals surface area contributed by atoms with Gasteiger partial charge in [-0.05, 0) is 29.9 Å². The summed E-state index contributed by atoms with van der Waals surface area (Å²) in [6.07, 6.45) is 3.87. The van der Waals surface area contributed by atoms with Crippen molar-refractivity contribution in [3.63, 3.8) is 0 Å². The van der Waals surface area contributed by atoms with Crippen LogP contribution in [0.2, 0.25) is 0 Å². The highest BCUT2D eigenvalue weighted by Crippen LogP contribution is 2.35. The molecule has 1 N–H and O–H groups in total. The van der Waals surface area contributed by atoms with Crippen LogP contribution in [0, 0.1) is 5.92 Å². The standard InChI is InChI=1S/C19H21NO3/c1-2-3-6-13-11-17(21)20(12-13)16-10-5-8-14-7-4-9-15(18(14)16)19(22)23/h4-5,7-10,13H,2-3,6,11-12H2,1H3,(H,22,23). The maximum Gasteiger partial charge on any atom is 0.336 e. The first-order chi connectivity index (χ1) is 11.1. The largest absolute Gasteiger partial charge is 0.478 e. The van der Waals surface area contributed by atoms with Gasteiger partial charge in [-0.15, -0.1) is 0 Å². The zero-order valence-electron chi connectivity index (χ0n) is 13.3. The SMILES string of the molecule is CCCCC1CC(=O)N(c2cccc3cccc(C(=O)O)c23)C1. The predicted molar refractivity (Wildman–Crippen MR) is 90.9 cm³/mol. The highest BCUT2D eigenvalue weighted by atomic mass is 16.4. The number of amides is 1. The van der Waals surface area contributed by atoms with E-state index in [9.17, 15) is 14.7 Å². The van der Waals surface area contributed by atoms with Crippen molar-refractivity contribution < 1.29 is 14.7 Å². The third-order valence-corrected chi connectivity index (χ3v) is 4.57. The minimum Gasteiger partial charge on any atom is -0.478 e. The molecule has 23 heavy (non-hydrogen) atoms. The van der Waals surface area contributed by atoms with Gasteiger partial charge in [0.15, 0.2) is 0 Å². The number of unbranched alkanes of at least 4 members (excludes halogenated alkanes) is 1. The van der Waals surface area contributed by atoms with E-state index in [1.165, 1.54) is 0 Å². The second kappa shape index (κ2) is 6.41. The van der Waals surface area contributed by atoms with Gasteiger partial charge in [0.2, 0.25) is 5.91 Å². The average Bonchev–Trinajstić information content (AvgIpc) is 2.92. The normalized spacial score (nSPS) is 17.9. The number of carboxylic acid groups (broad SMARTS) is 1. The fraction of sp³-hybridized carbons (Fsp3) is 0.368. The van der Waals surface area contributed by atoms with Crippen molar-refractivity contribution in [3.05, 3.63) is 42.0 Å². The van der Waals surface area contributed by atoms with E-state index in [-0.39, 0.29) is 11.5 Å². The molecular weight excluding hydrogens is 290 g/mol. The first-order valence-electron chi connectivity index (χ1n) is 8.17. The summed E-state index contributed by atoms with van der Waals surface area (Å²) in [5.41, 5.74) is 0.979. The van der Waals surface area contributed by atoms with E-state index < -0.39 is 5.97 Å². The topological polar surface area (TPSA) is 57.6 Å². The number of aromatic carboxylic acids is 1. The summed E-state index contributed by atoms with van der Waals surface area (Å²) < 4.78 is 0. The molecule has 1 amide bonds. The van der Waals surface area contributed by atoms with Gasteiger partial charge in [-0.25, -0.2) is 4.79 Å². The molecule has 1 fully saturated rings. The van der Waals surface area contributed by atoms with Gasteiger partial charge in [-0.1, -0.05) is 44.0 Å². The molecular formula is C19H21NO3. The maximum absolute atomic E-state index is 12.5. The Bertz CT molecular complexity index is 748. The summed E-state index contributed by atoms with van der Waals surface area (Å²) in [6.45, 7) is 2.84. The van der Waals surface area contributed by atoms with Crippen LogP contribution in [0.5, 0.6) is 0 Å². The Balaban J connectivity index is 2.03. The van der Waals surface area contributed by atoms with Gasteiger partial charge in [0.1, 0.15) is 0 Å². The quantitative estimate of drug-likeness (QED) is 0.905. The highest BCUT2D eigenvalue weighted by Gasteiger charge is 2.31. The molecule has 1 atom stereocenters. The van der Waals surface area contributed by atoms with E-state index in [1.54, 1.807) is 17.0 Å². The first-order valence-corrected chi connectivity index (χ1v) is 8.17. The summed E-state index contributed by atoms with van der Waals surface area (Å²) in [6, 6.07) is 10.9. The van der Waals surface area contributed by atoms with Crippen molar-refractivity contribution in [1.82, 2.24) is 0 Å². The Morgan fingerprint density at radius 2 is 2.00 bits per heavy atom. The molecule has 0 saturated carbocycles. The van der Waals surface area contributed by atoms with Crippen molar-refractivity contribution in [2.75, 3.05) is 11.4 Å². The number of carboxylic acids is 1. The average molecular weight is 311 g/mol. The minimum atomic E-state index is -0.961. The van der Waals surface area contributed by atoms with E-state index in [0.29, 0.717) is 24.3 Å². The fourth-order valence-electron chi connectivity index (χ4n) is 3.42. The molecule has 0 spiro atoms. The van der Waals surface area contributed by atoms with Crippen LogP contribution in [-0.4, -0.2) is 23.5 Å². The number of hydrogen-bond acceptors (Lipinski definition) is 2. The lowest BCUT2D eigenvalue weighted by atomic mass is 10.0. The third kappa shape index (κ3) is 2.93. The van der Waals surface area contributed by atoms with Crippen LogP contribution in [0.25, 0.3) is 10.8 Å². The molecule has 0 radical (unpaired) electrons. The van der Waals surface area contributed by atoms with Crippen LogP contribution in [0.15, 0.2) is 36.4 Å². The van der Waals surface area contributed by atoms with Crippen molar-refractivity contribution in [1.29, 1.82) is 0 Å². The first kappa shape index (κ1) is 15.5. The predicted octanol–water partition coefficient (Wildman–Crippen LogP) is 4.08. The van der Waals surface area contributed by atoms with Crippen molar-refractivity contribution >= 4 is 28.3 Å². The Kier molecular flexibility index (Phi) is 4.33. The van der Waals surface area contributed by atoms with Crippen molar-refractivity contribution in [3.8, 4) is 0 Å².